The molecule has 2 heterocycles. The van der Waals surface area contributed by atoms with E-state index in [-0.39, 0.29) is 28.3 Å². The van der Waals surface area contributed by atoms with Gasteiger partial charge in [-0.15, -0.1) is 0 Å². The third-order valence-electron chi connectivity index (χ3n) is 7.48. The van der Waals surface area contributed by atoms with Crippen LogP contribution in [0.15, 0.2) is 78.0 Å². The molecule has 1 aliphatic heterocycles. The van der Waals surface area contributed by atoms with E-state index >= 15 is 0 Å². The molecule has 1 saturated carbocycles. The highest BCUT2D eigenvalue weighted by atomic mass is 32.2. The Kier molecular flexibility index (Phi) is 6.04. The minimum absolute atomic E-state index is 0.0500. The molecule has 1 amide bonds. The van der Waals surface area contributed by atoms with Gasteiger partial charge in [0.05, 0.1) is 22.0 Å². The summed E-state index contributed by atoms with van der Waals surface area (Å²) in [6, 6.07) is 18.5. The molecule has 1 saturated heterocycles. The molecule has 1 atom stereocenters. The lowest BCUT2D eigenvalue weighted by Gasteiger charge is -2.36. The second-order valence-electron chi connectivity index (χ2n) is 9.46. The molecule has 178 valence electrons. The van der Waals surface area contributed by atoms with Crippen molar-refractivity contribution in [3.05, 3.63) is 78.6 Å². The van der Waals surface area contributed by atoms with Crippen LogP contribution in [-0.2, 0) is 14.8 Å². The van der Waals surface area contributed by atoms with Crippen LogP contribution in [0.2, 0.25) is 0 Å². The molecule has 1 spiro atoms. The van der Waals surface area contributed by atoms with Crippen LogP contribution in [0.5, 0.6) is 0 Å². The summed E-state index contributed by atoms with van der Waals surface area (Å²) in [7, 11) is -3.63. The van der Waals surface area contributed by atoms with Gasteiger partial charge in [0.2, 0.25) is 15.9 Å². The van der Waals surface area contributed by atoms with Crippen molar-refractivity contribution in [2.75, 3.05) is 6.54 Å². The molecule has 1 unspecified atom stereocenters. The standard InChI is InChI=1S/C26H30N4O3S/c1-20(21-6-3-2-4-7-21)29-19-16-26(25(29)31)14-12-22(13-15-26)28-34(32,33)24-10-8-23(9-11-24)30-18-5-17-27-30/h2-11,17-18,20,22,28H,12-16,19H2,1H3. The number of likely N-dealkylation sites (tertiary alicyclic amines) is 1. The summed E-state index contributed by atoms with van der Waals surface area (Å²) in [6.45, 7) is 2.84. The second-order valence-corrected chi connectivity index (χ2v) is 11.2. The molecule has 2 fully saturated rings. The largest absolute Gasteiger partial charge is 0.335 e. The van der Waals surface area contributed by atoms with E-state index in [1.54, 1.807) is 35.1 Å². The van der Waals surface area contributed by atoms with Crippen molar-refractivity contribution < 1.29 is 13.2 Å². The summed E-state index contributed by atoms with van der Waals surface area (Å²) >= 11 is 0. The Labute approximate surface area is 200 Å². The SMILES string of the molecule is CC(c1ccccc1)N1CCC2(CCC(NS(=O)(=O)c3ccc(-n4cccn4)cc3)CC2)C1=O. The average Bonchev–Trinajstić information content (AvgIpc) is 3.50. The smallest absolute Gasteiger partial charge is 0.240 e. The van der Waals surface area contributed by atoms with Gasteiger partial charge < -0.3 is 4.90 Å². The summed E-state index contributed by atoms with van der Waals surface area (Å²) < 4.78 is 30.5. The lowest BCUT2D eigenvalue weighted by molar-refractivity contribution is -0.139. The lowest BCUT2D eigenvalue weighted by Crippen LogP contribution is -2.44. The molecular weight excluding hydrogens is 448 g/mol. The van der Waals surface area contributed by atoms with Gasteiger partial charge in [0.25, 0.3) is 0 Å². The highest BCUT2D eigenvalue weighted by Gasteiger charge is 2.49. The molecule has 34 heavy (non-hydrogen) atoms. The molecule has 3 aromatic rings. The van der Waals surface area contributed by atoms with Crippen LogP contribution < -0.4 is 4.72 Å². The Bertz CT molecular complexity index is 1230. The van der Waals surface area contributed by atoms with E-state index in [0.29, 0.717) is 12.8 Å². The first-order valence-corrected chi connectivity index (χ1v) is 13.3. The van der Waals surface area contributed by atoms with Crippen molar-refractivity contribution in [3.63, 3.8) is 0 Å². The van der Waals surface area contributed by atoms with Gasteiger partial charge in [0.15, 0.2) is 0 Å². The van der Waals surface area contributed by atoms with E-state index in [9.17, 15) is 13.2 Å². The Morgan fingerprint density at radius 2 is 1.71 bits per heavy atom. The van der Waals surface area contributed by atoms with Crippen molar-refractivity contribution >= 4 is 15.9 Å². The molecule has 1 N–H and O–H groups in total. The van der Waals surface area contributed by atoms with E-state index in [0.717, 1.165) is 37.1 Å². The monoisotopic (exact) mass is 478 g/mol. The maximum absolute atomic E-state index is 13.4. The predicted octanol–water partition coefficient (Wildman–Crippen LogP) is 4.07. The minimum Gasteiger partial charge on any atom is -0.335 e. The topological polar surface area (TPSA) is 84.3 Å². The van der Waals surface area contributed by atoms with Crippen LogP contribution in [0.3, 0.4) is 0 Å². The number of aromatic nitrogens is 2. The number of amides is 1. The van der Waals surface area contributed by atoms with Gasteiger partial charge in [0, 0.05) is 25.0 Å². The molecular formula is C26H30N4O3S. The van der Waals surface area contributed by atoms with Crippen molar-refractivity contribution in [1.82, 2.24) is 19.4 Å². The van der Waals surface area contributed by atoms with E-state index in [4.69, 9.17) is 0 Å². The first-order chi connectivity index (χ1) is 16.4. The van der Waals surface area contributed by atoms with Gasteiger partial charge in [-0.05, 0) is 74.9 Å². The highest BCUT2D eigenvalue weighted by Crippen LogP contribution is 2.47. The van der Waals surface area contributed by atoms with Crippen LogP contribution >= 0.6 is 0 Å². The van der Waals surface area contributed by atoms with Crippen molar-refractivity contribution in [3.8, 4) is 5.69 Å². The Morgan fingerprint density at radius 3 is 2.35 bits per heavy atom. The fourth-order valence-corrected chi connectivity index (χ4v) is 6.67. The van der Waals surface area contributed by atoms with Crippen LogP contribution in [0, 0.1) is 5.41 Å². The number of sulfonamides is 1. The van der Waals surface area contributed by atoms with E-state index < -0.39 is 10.0 Å². The maximum Gasteiger partial charge on any atom is 0.240 e. The quantitative estimate of drug-likeness (QED) is 0.579. The van der Waals surface area contributed by atoms with E-state index in [1.807, 2.05) is 35.4 Å². The third-order valence-corrected chi connectivity index (χ3v) is 9.01. The van der Waals surface area contributed by atoms with Crippen molar-refractivity contribution in [1.29, 1.82) is 0 Å². The molecule has 1 aromatic heterocycles. The molecule has 0 bridgehead atoms. The molecule has 2 aliphatic rings. The average molecular weight is 479 g/mol. The highest BCUT2D eigenvalue weighted by molar-refractivity contribution is 7.89. The number of carbonyl (C=O) groups is 1. The number of nitrogens with zero attached hydrogens (tertiary/aromatic N) is 3. The van der Waals surface area contributed by atoms with Crippen LogP contribution in [0.1, 0.15) is 50.6 Å². The van der Waals surface area contributed by atoms with Crippen molar-refractivity contribution in [2.24, 2.45) is 5.41 Å². The zero-order valence-corrected chi connectivity index (χ0v) is 20.1. The summed E-state index contributed by atoms with van der Waals surface area (Å²) in [5.74, 6) is 0.222. The molecule has 0 radical (unpaired) electrons. The van der Waals surface area contributed by atoms with Crippen LogP contribution in [0.4, 0.5) is 0 Å². The van der Waals surface area contributed by atoms with Gasteiger partial charge in [-0.2, -0.15) is 5.10 Å². The Hall–Kier alpha value is -2.97. The number of hydrogen-bond donors (Lipinski definition) is 1. The van der Waals surface area contributed by atoms with Crippen molar-refractivity contribution in [2.45, 2.75) is 56.0 Å². The fraction of sp³-hybridized carbons (Fsp3) is 0.385. The first kappa shape index (κ1) is 22.8. The lowest BCUT2D eigenvalue weighted by atomic mass is 9.71. The van der Waals surface area contributed by atoms with E-state index in [2.05, 4.69) is 28.9 Å². The van der Waals surface area contributed by atoms with Gasteiger partial charge in [-0.25, -0.2) is 17.8 Å². The normalized spacial score (nSPS) is 24.0. The maximum atomic E-state index is 13.4. The second kappa shape index (κ2) is 9.00. The minimum atomic E-state index is -3.63. The van der Waals surface area contributed by atoms with Gasteiger partial charge in [0.1, 0.15) is 0 Å². The Morgan fingerprint density at radius 1 is 1.00 bits per heavy atom. The molecule has 5 rings (SSSR count). The summed E-state index contributed by atoms with van der Waals surface area (Å²) in [6.07, 6.45) is 7.11. The fourth-order valence-electron chi connectivity index (χ4n) is 5.37. The Balaban J connectivity index is 1.21. The number of benzene rings is 2. The van der Waals surface area contributed by atoms with Gasteiger partial charge in [-0.3, -0.25) is 4.79 Å². The molecule has 7 nitrogen and oxygen atoms in total. The zero-order chi connectivity index (χ0) is 23.8. The van der Waals surface area contributed by atoms with Crippen LogP contribution in [0.25, 0.3) is 5.69 Å². The number of nitrogens with one attached hydrogen (secondary N) is 1. The molecule has 1 aliphatic carbocycles. The molecule has 8 heteroatoms. The first-order valence-electron chi connectivity index (χ1n) is 11.9. The molecule has 2 aromatic carbocycles. The van der Waals surface area contributed by atoms with Gasteiger partial charge in [-0.1, -0.05) is 30.3 Å². The third kappa shape index (κ3) is 4.28. The number of carbonyl (C=O) groups excluding carboxylic acids is 1. The van der Waals surface area contributed by atoms with E-state index in [1.165, 1.54) is 0 Å². The zero-order valence-electron chi connectivity index (χ0n) is 19.3. The van der Waals surface area contributed by atoms with Gasteiger partial charge >= 0.3 is 0 Å². The number of hydrogen-bond acceptors (Lipinski definition) is 4. The summed E-state index contributed by atoms with van der Waals surface area (Å²) in [5.41, 5.74) is 1.60. The number of rotatable bonds is 6. The predicted molar refractivity (Wildman–Crippen MR) is 130 cm³/mol. The summed E-state index contributed by atoms with van der Waals surface area (Å²) in [4.78, 5) is 15.7. The van der Waals surface area contributed by atoms with Crippen LogP contribution in [-0.4, -0.2) is 41.6 Å². The summed E-state index contributed by atoms with van der Waals surface area (Å²) in [5, 5.41) is 4.17.